The summed E-state index contributed by atoms with van der Waals surface area (Å²) in [5, 5.41) is 7.48. The van der Waals surface area contributed by atoms with Gasteiger partial charge in [-0.15, -0.1) is 0 Å². The van der Waals surface area contributed by atoms with Crippen molar-refractivity contribution in [2.45, 2.75) is 32.6 Å². The van der Waals surface area contributed by atoms with E-state index in [0.29, 0.717) is 17.1 Å². The van der Waals surface area contributed by atoms with Crippen molar-refractivity contribution in [3.05, 3.63) is 46.8 Å². The van der Waals surface area contributed by atoms with Crippen LogP contribution >= 0.6 is 0 Å². The van der Waals surface area contributed by atoms with Crippen LogP contribution in [0.25, 0.3) is 10.9 Å². The van der Waals surface area contributed by atoms with E-state index in [0.717, 1.165) is 23.7 Å². The Kier molecular flexibility index (Phi) is 4.43. The molecule has 0 atom stereocenters. The van der Waals surface area contributed by atoms with Crippen LogP contribution in [0.15, 0.2) is 28.8 Å². The average molecular weight is 366 g/mol. The minimum Gasteiger partial charge on any atom is -0.360 e. The van der Waals surface area contributed by atoms with Crippen molar-refractivity contribution in [2.75, 3.05) is 18.9 Å². The van der Waals surface area contributed by atoms with Gasteiger partial charge in [-0.3, -0.25) is 9.59 Å². The second-order valence-corrected chi connectivity index (χ2v) is 7.05. The van der Waals surface area contributed by atoms with Crippen molar-refractivity contribution in [1.82, 2.24) is 15.0 Å². The molecule has 0 aliphatic heterocycles. The molecular weight excluding hydrogens is 344 g/mol. The summed E-state index contributed by atoms with van der Waals surface area (Å²) in [7, 11) is 1.62. The first-order chi connectivity index (χ1) is 13.0. The van der Waals surface area contributed by atoms with E-state index in [1.807, 2.05) is 12.1 Å². The third kappa shape index (κ3) is 3.32. The number of fused-ring (bicyclic) bond motifs is 3. The zero-order valence-electron chi connectivity index (χ0n) is 15.5. The number of para-hydroxylation sites is 1. The maximum Gasteiger partial charge on any atom is 0.256 e. The highest BCUT2D eigenvalue weighted by molar-refractivity contribution is 6.08. The SMILES string of the molecule is Cc1cc(NC(=O)CN(C)C(=O)c2cccc3c4c([nH]c23)CCCC4)no1. The third-order valence-corrected chi connectivity index (χ3v) is 4.99. The molecule has 140 valence electrons. The first-order valence-corrected chi connectivity index (χ1v) is 9.14. The summed E-state index contributed by atoms with van der Waals surface area (Å²) in [6.07, 6.45) is 4.42. The number of aryl methyl sites for hydroxylation is 3. The molecule has 7 heteroatoms. The Labute approximate surface area is 156 Å². The third-order valence-electron chi connectivity index (χ3n) is 4.99. The number of nitrogens with one attached hydrogen (secondary N) is 2. The topological polar surface area (TPSA) is 91.2 Å². The Hall–Kier alpha value is -3.09. The summed E-state index contributed by atoms with van der Waals surface area (Å²) in [5.41, 5.74) is 4.02. The number of likely N-dealkylation sites (N-methyl/N-ethyl adjacent to an activating group) is 1. The zero-order valence-corrected chi connectivity index (χ0v) is 15.5. The van der Waals surface area contributed by atoms with E-state index in [9.17, 15) is 9.59 Å². The molecule has 2 N–H and O–H groups in total. The van der Waals surface area contributed by atoms with E-state index in [1.54, 1.807) is 20.0 Å². The largest absolute Gasteiger partial charge is 0.360 e. The second-order valence-electron chi connectivity index (χ2n) is 7.05. The van der Waals surface area contributed by atoms with Gasteiger partial charge in [-0.1, -0.05) is 17.3 Å². The van der Waals surface area contributed by atoms with E-state index < -0.39 is 0 Å². The highest BCUT2D eigenvalue weighted by atomic mass is 16.5. The summed E-state index contributed by atoms with van der Waals surface area (Å²) in [6.45, 7) is 1.68. The van der Waals surface area contributed by atoms with Gasteiger partial charge in [0.1, 0.15) is 5.76 Å². The highest BCUT2D eigenvalue weighted by Crippen LogP contribution is 2.31. The Bertz CT molecular complexity index is 1020. The Morgan fingerprint density at radius 2 is 2.11 bits per heavy atom. The number of H-pyrrole nitrogens is 1. The molecule has 0 radical (unpaired) electrons. The molecule has 27 heavy (non-hydrogen) atoms. The van der Waals surface area contributed by atoms with Crippen LogP contribution in [-0.4, -0.2) is 40.4 Å². The standard InChI is InChI=1S/C20H22N4O3/c1-12-10-17(23-27-12)22-18(25)11-24(2)20(26)15-8-5-7-14-13-6-3-4-9-16(13)21-19(14)15/h5,7-8,10,21H,3-4,6,9,11H2,1-2H3,(H,22,23,25). The van der Waals surface area contributed by atoms with Gasteiger partial charge in [0.05, 0.1) is 17.6 Å². The van der Waals surface area contributed by atoms with Gasteiger partial charge in [0.25, 0.3) is 5.91 Å². The molecule has 3 aromatic rings. The molecule has 2 amide bonds. The van der Waals surface area contributed by atoms with E-state index in [4.69, 9.17) is 4.52 Å². The van der Waals surface area contributed by atoms with Crippen LogP contribution in [0.1, 0.15) is 40.2 Å². The van der Waals surface area contributed by atoms with Crippen LogP contribution < -0.4 is 5.32 Å². The monoisotopic (exact) mass is 366 g/mol. The lowest BCUT2D eigenvalue weighted by molar-refractivity contribution is -0.116. The molecule has 0 saturated carbocycles. The normalized spacial score (nSPS) is 13.4. The van der Waals surface area contributed by atoms with Gasteiger partial charge >= 0.3 is 0 Å². The van der Waals surface area contributed by atoms with Gasteiger partial charge in [-0.2, -0.15) is 0 Å². The van der Waals surface area contributed by atoms with Crippen molar-refractivity contribution in [3.63, 3.8) is 0 Å². The predicted octanol–water partition coefficient (Wildman–Crippen LogP) is 3.05. The molecule has 7 nitrogen and oxygen atoms in total. The van der Waals surface area contributed by atoms with Gasteiger partial charge < -0.3 is 19.7 Å². The predicted molar refractivity (Wildman–Crippen MR) is 102 cm³/mol. The lowest BCUT2D eigenvalue weighted by Gasteiger charge is -2.17. The molecular formula is C20H22N4O3. The molecule has 0 bridgehead atoms. The van der Waals surface area contributed by atoms with E-state index in [1.165, 1.54) is 29.0 Å². The van der Waals surface area contributed by atoms with Crippen LogP contribution in [0.4, 0.5) is 5.82 Å². The highest BCUT2D eigenvalue weighted by Gasteiger charge is 2.22. The maximum absolute atomic E-state index is 13.0. The van der Waals surface area contributed by atoms with E-state index in [-0.39, 0.29) is 18.4 Å². The molecule has 1 aromatic carbocycles. The van der Waals surface area contributed by atoms with Gasteiger partial charge in [0, 0.05) is 24.2 Å². The van der Waals surface area contributed by atoms with Crippen molar-refractivity contribution >= 4 is 28.5 Å². The lowest BCUT2D eigenvalue weighted by Crippen LogP contribution is -2.35. The number of rotatable bonds is 4. The van der Waals surface area contributed by atoms with Gasteiger partial charge in [0.2, 0.25) is 5.91 Å². The van der Waals surface area contributed by atoms with Crippen LogP contribution in [0.5, 0.6) is 0 Å². The minimum absolute atomic E-state index is 0.0679. The molecule has 0 spiro atoms. The molecule has 0 saturated heterocycles. The second kappa shape index (κ2) is 6.90. The van der Waals surface area contributed by atoms with E-state index in [2.05, 4.69) is 21.5 Å². The molecule has 1 aliphatic rings. The quantitative estimate of drug-likeness (QED) is 0.742. The number of amides is 2. The molecule has 0 fully saturated rings. The molecule has 2 heterocycles. The average Bonchev–Trinajstić information content (AvgIpc) is 3.23. The van der Waals surface area contributed by atoms with Crippen LogP contribution in [0.3, 0.4) is 0 Å². The molecule has 1 aliphatic carbocycles. The van der Waals surface area contributed by atoms with Crippen LogP contribution in [-0.2, 0) is 17.6 Å². The summed E-state index contributed by atoms with van der Waals surface area (Å²) < 4.78 is 4.93. The van der Waals surface area contributed by atoms with E-state index >= 15 is 0 Å². The number of carbonyl (C=O) groups is 2. The molecule has 2 aromatic heterocycles. The van der Waals surface area contributed by atoms with Gasteiger partial charge in [-0.25, -0.2) is 0 Å². The Morgan fingerprint density at radius 3 is 2.89 bits per heavy atom. The molecule has 0 unspecified atom stereocenters. The zero-order chi connectivity index (χ0) is 19.0. The first-order valence-electron chi connectivity index (χ1n) is 9.14. The van der Waals surface area contributed by atoms with Crippen molar-refractivity contribution in [3.8, 4) is 0 Å². The fourth-order valence-corrected chi connectivity index (χ4v) is 3.71. The number of carbonyl (C=O) groups excluding carboxylic acids is 2. The molecule has 4 rings (SSSR count). The summed E-state index contributed by atoms with van der Waals surface area (Å²) in [5.74, 6) is 0.442. The summed E-state index contributed by atoms with van der Waals surface area (Å²) >= 11 is 0. The van der Waals surface area contributed by atoms with Crippen LogP contribution in [0.2, 0.25) is 0 Å². The smallest absolute Gasteiger partial charge is 0.256 e. The maximum atomic E-state index is 13.0. The number of benzene rings is 1. The van der Waals surface area contributed by atoms with Gasteiger partial charge in [-0.05, 0) is 44.2 Å². The summed E-state index contributed by atoms with van der Waals surface area (Å²) in [6, 6.07) is 7.41. The van der Waals surface area contributed by atoms with Crippen molar-refractivity contribution in [1.29, 1.82) is 0 Å². The lowest BCUT2D eigenvalue weighted by atomic mass is 9.95. The number of hydrogen-bond donors (Lipinski definition) is 2. The first kappa shape index (κ1) is 17.3. The number of aromatic amines is 1. The number of hydrogen-bond acceptors (Lipinski definition) is 4. The Morgan fingerprint density at radius 1 is 1.30 bits per heavy atom. The van der Waals surface area contributed by atoms with Crippen molar-refractivity contribution in [2.24, 2.45) is 0 Å². The number of anilines is 1. The van der Waals surface area contributed by atoms with Crippen LogP contribution in [0, 0.1) is 6.92 Å². The minimum atomic E-state index is -0.322. The number of nitrogens with zero attached hydrogens (tertiary/aromatic N) is 2. The fourth-order valence-electron chi connectivity index (χ4n) is 3.71. The summed E-state index contributed by atoms with van der Waals surface area (Å²) in [4.78, 5) is 30.0. The fraction of sp³-hybridized carbons (Fsp3) is 0.350. The Balaban J connectivity index is 1.53. The van der Waals surface area contributed by atoms with Crippen molar-refractivity contribution < 1.29 is 14.1 Å². The number of aromatic nitrogens is 2. The van der Waals surface area contributed by atoms with Gasteiger partial charge in [0.15, 0.2) is 5.82 Å².